The molecule has 0 unspecified atom stereocenters. The lowest BCUT2D eigenvalue weighted by Gasteiger charge is -2.37. The van der Waals surface area contributed by atoms with Crippen molar-refractivity contribution >= 4 is 35.8 Å². The number of rotatable bonds is 6. The molecule has 174 valence electrons. The maximum Gasteiger partial charge on any atom is 0.274 e. The number of pyridine rings is 1. The molecule has 0 bridgehead atoms. The number of benzene rings is 1. The number of fused-ring (bicyclic) bond motifs is 1. The molecule has 5 nitrogen and oxygen atoms in total. The standard InChI is InChI=1S/C25H36BrN3O2Si/c1-17-15-22(24(30)28-21-10-8-9-20(26)18(21)2)27-23-16-29(12-11-19(17)23)13-14-31-32(6,7)25(3,4)5/h8-10,15H,11-14,16H2,1-7H3,(H,28,30). The van der Waals surface area contributed by atoms with Gasteiger partial charge in [-0.05, 0) is 73.3 Å². The number of halogens is 1. The van der Waals surface area contributed by atoms with Gasteiger partial charge in [-0.1, -0.05) is 42.8 Å². The van der Waals surface area contributed by atoms with Crippen LogP contribution in [0.15, 0.2) is 28.7 Å². The van der Waals surface area contributed by atoms with Crippen molar-refractivity contribution in [3.8, 4) is 0 Å². The van der Waals surface area contributed by atoms with Gasteiger partial charge in [0.15, 0.2) is 8.32 Å². The van der Waals surface area contributed by atoms with Crippen LogP contribution in [0.5, 0.6) is 0 Å². The number of hydrogen-bond acceptors (Lipinski definition) is 4. The van der Waals surface area contributed by atoms with Crippen LogP contribution in [0.3, 0.4) is 0 Å². The molecule has 2 heterocycles. The average Bonchev–Trinajstić information content (AvgIpc) is 2.70. The van der Waals surface area contributed by atoms with Gasteiger partial charge in [0.25, 0.3) is 5.91 Å². The first-order chi connectivity index (χ1) is 14.9. The zero-order chi connectivity index (χ0) is 23.7. The molecule has 0 spiro atoms. The SMILES string of the molecule is Cc1cc(C(=O)Nc2cccc(Br)c2C)nc2c1CCN(CCO[Si](C)(C)C(C)(C)C)C2. The van der Waals surface area contributed by atoms with Gasteiger partial charge in [0, 0.05) is 36.4 Å². The molecule has 0 aliphatic carbocycles. The molecule has 3 rings (SSSR count). The summed E-state index contributed by atoms with van der Waals surface area (Å²) in [5.41, 5.74) is 5.71. The number of carbonyl (C=O) groups is 1. The van der Waals surface area contributed by atoms with Gasteiger partial charge in [-0.15, -0.1) is 0 Å². The van der Waals surface area contributed by atoms with Crippen LogP contribution in [0.1, 0.15) is 53.6 Å². The molecule has 1 N–H and O–H groups in total. The molecule has 7 heteroatoms. The highest BCUT2D eigenvalue weighted by atomic mass is 79.9. The summed E-state index contributed by atoms with van der Waals surface area (Å²) in [6, 6.07) is 7.71. The Labute approximate surface area is 202 Å². The fraction of sp³-hybridized carbons (Fsp3) is 0.520. The molecule has 0 saturated heterocycles. The van der Waals surface area contributed by atoms with Crippen molar-refractivity contribution in [2.45, 2.75) is 65.7 Å². The zero-order valence-corrected chi connectivity index (χ0v) is 23.0. The molecule has 1 aliphatic rings. The molecule has 32 heavy (non-hydrogen) atoms. The van der Waals surface area contributed by atoms with Crippen LogP contribution >= 0.6 is 15.9 Å². The third-order valence-corrected chi connectivity index (χ3v) is 12.3. The first-order valence-corrected chi connectivity index (χ1v) is 15.0. The summed E-state index contributed by atoms with van der Waals surface area (Å²) in [5.74, 6) is -0.171. The highest BCUT2D eigenvalue weighted by Crippen LogP contribution is 2.36. The van der Waals surface area contributed by atoms with Gasteiger partial charge in [-0.2, -0.15) is 0 Å². The van der Waals surface area contributed by atoms with E-state index in [9.17, 15) is 4.79 Å². The van der Waals surface area contributed by atoms with Crippen molar-refractivity contribution in [1.82, 2.24) is 9.88 Å². The molecule has 1 amide bonds. The molecule has 2 aromatic rings. The third kappa shape index (κ3) is 5.68. The van der Waals surface area contributed by atoms with E-state index in [1.165, 1.54) is 5.56 Å². The summed E-state index contributed by atoms with van der Waals surface area (Å²) in [4.78, 5) is 20.1. The normalized spacial score (nSPS) is 14.9. The lowest BCUT2D eigenvalue weighted by atomic mass is 9.99. The van der Waals surface area contributed by atoms with Crippen molar-refractivity contribution in [3.63, 3.8) is 0 Å². The third-order valence-electron chi connectivity index (χ3n) is 6.91. The molecule has 1 aromatic heterocycles. The van der Waals surface area contributed by atoms with Crippen LogP contribution < -0.4 is 5.32 Å². The Hall–Kier alpha value is -1.54. The first-order valence-electron chi connectivity index (χ1n) is 11.3. The van der Waals surface area contributed by atoms with Crippen LogP contribution in [0.4, 0.5) is 5.69 Å². The Morgan fingerprint density at radius 1 is 1.28 bits per heavy atom. The highest BCUT2D eigenvalue weighted by molar-refractivity contribution is 9.10. The van der Waals surface area contributed by atoms with Crippen molar-refractivity contribution in [3.05, 3.63) is 56.8 Å². The van der Waals surface area contributed by atoms with Crippen molar-refractivity contribution in [2.75, 3.05) is 25.0 Å². The number of nitrogens with one attached hydrogen (secondary N) is 1. The van der Waals surface area contributed by atoms with Crippen molar-refractivity contribution in [2.24, 2.45) is 0 Å². The van der Waals surface area contributed by atoms with Crippen molar-refractivity contribution < 1.29 is 9.22 Å². The monoisotopic (exact) mass is 517 g/mol. The molecular formula is C25H36BrN3O2Si. The summed E-state index contributed by atoms with van der Waals surface area (Å²) < 4.78 is 7.34. The second-order valence-corrected chi connectivity index (χ2v) is 15.9. The van der Waals surface area contributed by atoms with Gasteiger partial charge < -0.3 is 9.74 Å². The number of aryl methyl sites for hydroxylation is 1. The van der Waals surface area contributed by atoms with Gasteiger partial charge >= 0.3 is 0 Å². The minimum Gasteiger partial charge on any atom is -0.416 e. The Balaban J connectivity index is 1.69. The average molecular weight is 519 g/mol. The summed E-state index contributed by atoms with van der Waals surface area (Å²) >= 11 is 3.52. The van der Waals surface area contributed by atoms with E-state index < -0.39 is 8.32 Å². The molecular weight excluding hydrogens is 482 g/mol. The summed E-state index contributed by atoms with van der Waals surface area (Å²) in [6.07, 6.45) is 0.959. The zero-order valence-electron chi connectivity index (χ0n) is 20.4. The first kappa shape index (κ1) is 25.1. The number of aromatic nitrogens is 1. The van der Waals surface area contributed by atoms with E-state index >= 15 is 0 Å². The smallest absolute Gasteiger partial charge is 0.274 e. The van der Waals surface area contributed by atoms with Gasteiger partial charge in [0.05, 0.1) is 5.69 Å². The van der Waals surface area contributed by atoms with Gasteiger partial charge in [-0.25, -0.2) is 4.98 Å². The maximum absolute atomic E-state index is 13.0. The van der Waals surface area contributed by atoms with E-state index in [1.54, 1.807) is 0 Å². The number of amides is 1. The molecule has 0 saturated carbocycles. The van der Waals surface area contributed by atoms with Gasteiger partial charge in [0.1, 0.15) is 5.69 Å². The van der Waals surface area contributed by atoms with E-state index in [1.807, 2.05) is 31.2 Å². The maximum atomic E-state index is 13.0. The van der Waals surface area contributed by atoms with E-state index in [-0.39, 0.29) is 10.9 Å². The Morgan fingerprint density at radius 3 is 2.69 bits per heavy atom. The lowest BCUT2D eigenvalue weighted by Crippen LogP contribution is -2.43. The predicted octanol–water partition coefficient (Wildman–Crippen LogP) is 6.09. The second-order valence-electron chi connectivity index (χ2n) is 10.3. The largest absolute Gasteiger partial charge is 0.416 e. The van der Waals surface area contributed by atoms with E-state index in [2.05, 4.69) is 66.9 Å². The number of nitrogens with zero attached hydrogens (tertiary/aromatic N) is 2. The minimum absolute atomic E-state index is 0.171. The number of anilines is 1. The van der Waals surface area contributed by atoms with Crippen LogP contribution in [0, 0.1) is 13.8 Å². The Bertz CT molecular complexity index is 1000. The molecule has 0 radical (unpaired) electrons. The molecule has 0 atom stereocenters. The predicted molar refractivity (Wildman–Crippen MR) is 138 cm³/mol. The molecule has 1 aliphatic heterocycles. The quantitative estimate of drug-likeness (QED) is 0.470. The lowest BCUT2D eigenvalue weighted by molar-refractivity contribution is 0.102. The number of hydrogen-bond donors (Lipinski definition) is 1. The molecule has 0 fully saturated rings. The summed E-state index contributed by atoms with van der Waals surface area (Å²) in [5, 5.41) is 3.23. The summed E-state index contributed by atoms with van der Waals surface area (Å²) in [6.45, 7) is 18.8. The van der Waals surface area contributed by atoms with E-state index in [0.717, 1.165) is 59.6 Å². The Morgan fingerprint density at radius 2 is 2.00 bits per heavy atom. The van der Waals surface area contributed by atoms with Gasteiger partial charge in [0.2, 0.25) is 0 Å². The number of carbonyl (C=O) groups excluding carboxylic acids is 1. The van der Waals surface area contributed by atoms with E-state index in [4.69, 9.17) is 9.41 Å². The fourth-order valence-corrected chi connectivity index (χ4v) is 5.08. The summed E-state index contributed by atoms with van der Waals surface area (Å²) in [7, 11) is -1.74. The second kappa shape index (κ2) is 9.75. The van der Waals surface area contributed by atoms with Crippen LogP contribution in [0.25, 0.3) is 0 Å². The fourth-order valence-electron chi connectivity index (χ4n) is 3.68. The molecule has 1 aromatic carbocycles. The topological polar surface area (TPSA) is 54.5 Å². The van der Waals surface area contributed by atoms with Crippen LogP contribution in [0.2, 0.25) is 18.1 Å². The van der Waals surface area contributed by atoms with Crippen LogP contribution in [-0.2, 0) is 17.4 Å². The van der Waals surface area contributed by atoms with Crippen LogP contribution in [-0.4, -0.2) is 43.8 Å². The van der Waals surface area contributed by atoms with Crippen molar-refractivity contribution in [1.29, 1.82) is 0 Å². The van der Waals surface area contributed by atoms with Gasteiger partial charge in [-0.3, -0.25) is 9.69 Å². The Kier molecular flexibility index (Phi) is 7.65. The highest BCUT2D eigenvalue weighted by Gasteiger charge is 2.37. The minimum atomic E-state index is -1.74. The van der Waals surface area contributed by atoms with E-state index in [0.29, 0.717) is 5.69 Å².